The molecule has 3 nitrogen and oxygen atoms in total. The molecule has 1 rings (SSSR count). The number of hydrogen-bond donors (Lipinski definition) is 2. The molecular formula is C13H18N2O. The molecular weight excluding hydrogens is 200 g/mol. The zero-order valence-corrected chi connectivity index (χ0v) is 9.79. The van der Waals surface area contributed by atoms with E-state index in [1.165, 1.54) is 5.56 Å². The molecule has 0 heterocycles. The normalized spacial score (nSPS) is 11.6. The Kier molecular flexibility index (Phi) is 4.58. The molecule has 0 bridgehead atoms. The summed E-state index contributed by atoms with van der Waals surface area (Å²) in [5, 5.41) is 5.88. The molecule has 1 aromatic carbocycles. The van der Waals surface area contributed by atoms with E-state index in [4.69, 9.17) is 0 Å². The van der Waals surface area contributed by atoms with Gasteiger partial charge in [0.05, 0.1) is 0 Å². The first kappa shape index (κ1) is 12.3. The van der Waals surface area contributed by atoms with Crippen LogP contribution in [0.25, 0.3) is 0 Å². The molecule has 0 aliphatic heterocycles. The molecule has 1 atom stereocenters. The fourth-order valence-corrected chi connectivity index (χ4v) is 1.29. The number of carbonyl (C=O) groups is 1. The molecule has 86 valence electrons. The van der Waals surface area contributed by atoms with Crippen molar-refractivity contribution in [2.45, 2.75) is 19.9 Å². The fraction of sp³-hybridized carbons (Fsp3) is 0.308. The first-order valence-electron chi connectivity index (χ1n) is 5.35. The number of rotatable bonds is 5. The lowest BCUT2D eigenvalue weighted by atomic mass is 10.2. The summed E-state index contributed by atoms with van der Waals surface area (Å²) < 4.78 is 0. The Morgan fingerprint density at radius 1 is 1.44 bits per heavy atom. The van der Waals surface area contributed by atoms with Gasteiger partial charge in [0, 0.05) is 12.2 Å². The zero-order valence-electron chi connectivity index (χ0n) is 9.79. The van der Waals surface area contributed by atoms with Crippen LogP contribution in [0.1, 0.15) is 12.5 Å². The fourth-order valence-electron chi connectivity index (χ4n) is 1.29. The molecule has 1 amide bonds. The Morgan fingerprint density at radius 2 is 2.06 bits per heavy atom. The quantitative estimate of drug-likeness (QED) is 0.743. The topological polar surface area (TPSA) is 41.1 Å². The molecule has 1 aromatic rings. The lowest BCUT2D eigenvalue weighted by Crippen LogP contribution is -2.37. The van der Waals surface area contributed by atoms with Crippen molar-refractivity contribution in [1.29, 1.82) is 0 Å². The summed E-state index contributed by atoms with van der Waals surface area (Å²) in [5.41, 5.74) is 2.15. The van der Waals surface area contributed by atoms with Crippen molar-refractivity contribution in [3.05, 3.63) is 42.5 Å². The van der Waals surface area contributed by atoms with E-state index in [2.05, 4.69) is 17.2 Å². The van der Waals surface area contributed by atoms with Crippen LogP contribution in [0.5, 0.6) is 0 Å². The number of hydrogen-bond acceptors (Lipinski definition) is 2. The summed E-state index contributed by atoms with van der Waals surface area (Å²) in [6.45, 7) is 7.91. The Balaban J connectivity index is 2.50. The number of benzene rings is 1. The van der Waals surface area contributed by atoms with Crippen LogP contribution in [0.15, 0.2) is 36.9 Å². The van der Waals surface area contributed by atoms with Crippen molar-refractivity contribution in [2.24, 2.45) is 0 Å². The minimum absolute atomic E-state index is 0.0273. The van der Waals surface area contributed by atoms with E-state index < -0.39 is 0 Å². The number of carbonyl (C=O) groups excluding carboxylic acids is 1. The van der Waals surface area contributed by atoms with E-state index in [9.17, 15) is 4.79 Å². The summed E-state index contributed by atoms with van der Waals surface area (Å²) in [6, 6.07) is 7.70. The minimum Gasteiger partial charge on any atom is -0.374 e. The molecule has 0 spiro atoms. The van der Waals surface area contributed by atoms with Crippen molar-refractivity contribution in [1.82, 2.24) is 5.32 Å². The van der Waals surface area contributed by atoms with E-state index in [0.717, 1.165) is 5.69 Å². The highest BCUT2D eigenvalue weighted by atomic mass is 16.2. The average molecular weight is 218 g/mol. The molecule has 3 heteroatoms. The molecule has 0 aliphatic carbocycles. The standard InChI is InChI=1S/C13H18N2O/c1-4-9-14-13(16)11(3)15-12-7-5-10(2)6-8-12/h4-8,11,15H,1,9H2,2-3H3,(H,14,16)/t11-/m1/s1. The summed E-state index contributed by atoms with van der Waals surface area (Å²) in [6.07, 6.45) is 1.66. The van der Waals surface area contributed by atoms with Gasteiger partial charge in [0.15, 0.2) is 0 Å². The third kappa shape index (κ3) is 3.77. The number of amides is 1. The van der Waals surface area contributed by atoms with Crippen LogP contribution in [0.3, 0.4) is 0 Å². The molecule has 0 fully saturated rings. The Hall–Kier alpha value is -1.77. The summed E-state index contributed by atoms with van der Waals surface area (Å²) in [7, 11) is 0. The number of anilines is 1. The summed E-state index contributed by atoms with van der Waals surface area (Å²) in [4.78, 5) is 11.6. The monoisotopic (exact) mass is 218 g/mol. The molecule has 0 unspecified atom stereocenters. The van der Waals surface area contributed by atoms with Gasteiger partial charge < -0.3 is 10.6 Å². The first-order chi connectivity index (χ1) is 7.63. The van der Waals surface area contributed by atoms with E-state index in [-0.39, 0.29) is 11.9 Å². The maximum Gasteiger partial charge on any atom is 0.242 e. The Bertz CT molecular complexity index is 357. The minimum atomic E-state index is -0.248. The van der Waals surface area contributed by atoms with Crippen molar-refractivity contribution < 1.29 is 4.79 Å². The lowest BCUT2D eigenvalue weighted by molar-refractivity contribution is -0.121. The van der Waals surface area contributed by atoms with Gasteiger partial charge >= 0.3 is 0 Å². The van der Waals surface area contributed by atoms with Crippen molar-refractivity contribution in [2.75, 3.05) is 11.9 Å². The summed E-state index contributed by atoms with van der Waals surface area (Å²) in [5.74, 6) is -0.0273. The van der Waals surface area contributed by atoms with E-state index >= 15 is 0 Å². The summed E-state index contributed by atoms with van der Waals surface area (Å²) >= 11 is 0. The molecule has 0 aromatic heterocycles. The molecule has 16 heavy (non-hydrogen) atoms. The predicted molar refractivity (Wildman–Crippen MR) is 67.5 cm³/mol. The van der Waals surface area contributed by atoms with Crippen LogP contribution in [0.2, 0.25) is 0 Å². The van der Waals surface area contributed by atoms with Crippen molar-refractivity contribution in [3.8, 4) is 0 Å². The maximum atomic E-state index is 11.6. The maximum absolute atomic E-state index is 11.6. The van der Waals surface area contributed by atoms with Crippen molar-refractivity contribution >= 4 is 11.6 Å². The molecule has 2 N–H and O–H groups in total. The highest BCUT2D eigenvalue weighted by molar-refractivity contribution is 5.84. The van der Waals surface area contributed by atoms with Crippen LogP contribution >= 0.6 is 0 Å². The number of aryl methyl sites for hydroxylation is 1. The van der Waals surface area contributed by atoms with Crippen LogP contribution in [-0.2, 0) is 4.79 Å². The van der Waals surface area contributed by atoms with Gasteiger partial charge in [0.25, 0.3) is 0 Å². The molecule has 0 saturated heterocycles. The van der Waals surface area contributed by atoms with Gasteiger partial charge in [-0.2, -0.15) is 0 Å². The van der Waals surface area contributed by atoms with Crippen molar-refractivity contribution in [3.63, 3.8) is 0 Å². The highest BCUT2D eigenvalue weighted by Crippen LogP contribution is 2.09. The van der Waals surface area contributed by atoms with Gasteiger partial charge in [0.1, 0.15) is 6.04 Å². The van der Waals surface area contributed by atoms with Crippen LogP contribution < -0.4 is 10.6 Å². The molecule has 0 saturated carbocycles. The van der Waals surface area contributed by atoms with Crippen LogP contribution in [0, 0.1) is 6.92 Å². The third-order valence-corrected chi connectivity index (χ3v) is 2.25. The van der Waals surface area contributed by atoms with Crippen LogP contribution in [0.4, 0.5) is 5.69 Å². The van der Waals surface area contributed by atoms with E-state index in [0.29, 0.717) is 6.54 Å². The third-order valence-electron chi connectivity index (χ3n) is 2.25. The highest BCUT2D eigenvalue weighted by Gasteiger charge is 2.10. The lowest BCUT2D eigenvalue weighted by Gasteiger charge is -2.14. The SMILES string of the molecule is C=CCNC(=O)[C@@H](C)Nc1ccc(C)cc1. The second-order valence-corrected chi connectivity index (χ2v) is 3.77. The smallest absolute Gasteiger partial charge is 0.242 e. The van der Waals surface area contributed by atoms with Gasteiger partial charge in [-0.05, 0) is 26.0 Å². The largest absolute Gasteiger partial charge is 0.374 e. The molecule has 0 aliphatic rings. The molecule has 0 radical (unpaired) electrons. The predicted octanol–water partition coefficient (Wildman–Crippen LogP) is 2.10. The first-order valence-corrected chi connectivity index (χ1v) is 5.35. The van der Waals surface area contributed by atoms with Gasteiger partial charge in [-0.1, -0.05) is 23.8 Å². The van der Waals surface area contributed by atoms with Gasteiger partial charge in [-0.25, -0.2) is 0 Å². The Morgan fingerprint density at radius 3 is 2.62 bits per heavy atom. The zero-order chi connectivity index (χ0) is 12.0. The van der Waals surface area contributed by atoms with E-state index in [1.54, 1.807) is 6.08 Å². The van der Waals surface area contributed by atoms with Crippen LogP contribution in [-0.4, -0.2) is 18.5 Å². The van der Waals surface area contributed by atoms with E-state index in [1.807, 2.05) is 38.1 Å². The van der Waals surface area contributed by atoms with Gasteiger partial charge in [-0.3, -0.25) is 4.79 Å². The van der Waals surface area contributed by atoms with Gasteiger partial charge in [-0.15, -0.1) is 6.58 Å². The second-order valence-electron chi connectivity index (χ2n) is 3.77. The Labute approximate surface area is 96.6 Å². The average Bonchev–Trinajstić information content (AvgIpc) is 2.29. The van der Waals surface area contributed by atoms with Gasteiger partial charge in [0.2, 0.25) is 5.91 Å². The number of nitrogens with one attached hydrogen (secondary N) is 2. The second kappa shape index (κ2) is 5.95.